The first-order valence-electron chi connectivity index (χ1n) is 11.9. The lowest BCUT2D eigenvalue weighted by molar-refractivity contribution is -0.122. The molecule has 0 saturated heterocycles. The zero-order valence-electron chi connectivity index (χ0n) is 19.3. The van der Waals surface area contributed by atoms with Crippen molar-refractivity contribution in [1.29, 1.82) is 0 Å². The lowest BCUT2D eigenvalue weighted by atomic mass is 9.80. The third-order valence-corrected chi connectivity index (χ3v) is 6.86. The molecule has 1 amide bonds. The van der Waals surface area contributed by atoms with Crippen LogP contribution in [0.5, 0.6) is 0 Å². The summed E-state index contributed by atoms with van der Waals surface area (Å²) in [5, 5.41) is 3.32. The fourth-order valence-corrected chi connectivity index (χ4v) is 5.01. The number of hydrogen-bond acceptors (Lipinski definition) is 2. The van der Waals surface area contributed by atoms with Gasteiger partial charge in [-0.25, -0.2) is 0 Å². The summed E-state index contributed by atoms with van der Waals surface area (Å²) < 4.78 is 0. The molecule has 3 heteroatoms. The van der Waals surface area contributed by atoms with Crippen molar-refractivity contribution in [2.45, 2.75) is 89.5 Å². The van der Waals surface area contributed by atoms with E-state index in [1.807, 2.05) is 6.20 Å². The number of rotatable bonds is 5. The first-order valence-corrected chi connectivity index (χ1v) is 11.9. The largest absolute Gasteiger partial charge is 0.353 e. The third-order valence-electron chi connectivity index (χ3n) is 6.86. The number of allylic oxidation sites excluding steroid dienone is 1. The topological polar surface area (TPSA) is 42.0 Å². The van der Waals surface area contributed by atoms with Gasteiger partial charge >= 0.3 is 0 Å². The van der Waals surface area contributed by atoms with Crippen LogP contribution in [-0.4, -0.2) is 16.9 Å². The summed E-state index contributed by atoms with van der Waals surface area (Å²) >= 11 is 0. The standard InChI is InChI=1S/C28H36N2O/c1-28(2,3)23-14-11-20(12-15-23)13-16-26(31)30-24-9-6-8-22(19-24)27-25-10-5-4-7-21(25)17-18-29-27/h5,10-12,14-15,17-18,22,24H,4,6-9,13,16,19H2,1-3H3,(H,30,31). The molecule has 0 bridgehead atoms. The van der Waals surface area contributed by atoms with E-state index in [-0.39, 0.29) is 17.4 Å². The molecular weight excluding hydrogens is 380 g/mol. The second-order valence-electron chi connectivity index (χ2n) is 10.3. The lowest BCUT2D eigenvalue weighted by Gasteiger charge is -2.31. The van der Waals surface area contributed by atoms with Crippen LogP contribution in [0.2, 0.25) is 0 Å². The van der Waals surface area contributed by atoms with Crippen LogP contribution < -0.4 is 5.32 Å². The Morgan fingerprint density at radius 3 is 2.71 bits per heavy atom. The highest BCUT2D eigenvalue weighted by Gasteiger charge is 2.27. The van der Waals surface area contributed by atoms with Gasteiger partial charge in [-0.1, -0.05) is 63.6 Å². The molecule has 1 fully saturated rings. The van der Waals surface area contributed by atoms with Crippen molar-refractivity contribution in [2.24, 2.45) is 0 Å². The molecule has 31 heavy (non-hydrogen) atoms. The molecule has 1 saturated carbocycles. The van der Waals surface area contributed by atoms with Crippen molar-refractivity contribution >= 4 is 12.0 Å². The van der Waals surface area contributed by atoms with Crippen molar-refractivity contribution in [3.63, 3.8) is 0 Å². The van der Waals surface area contributed by atoms with Crippen LogP contribution in [0.25, 0.3) is 6.08 Å². The number of aromatic nitrogens is 1. The van der Waals surface area contributed by atoms with Gasteiger partial charge in [-0.3, -0.25) is 9.78 Å². The highest BCUT2D eigenvalue weighted by molar-refractivity contribution is 5.76. The second kappa shape index (κ2) is 9.38. The quantitative estimate of drug-likeness (QED) is 0.638. The molecule has 1 N–H and O–H groups in total. The van der Waals surface area contributed by atoms with Crippen molar-refractivity contribution in [3.8, 4) is 0 Å². The molecule has 0 aliphatic heterocycles. The van der Waals surface area contributed by atoms with Gasteiger partial charge in [-0.05, 0) is 72.3 Å². The van der Waals surface area contributed by atoms with Crippen LogP contribution in [-0.2, 0) is 23.1 Å². The predicted molar refractivity (Wildman–Crippen MR) is 128 cm³/mol. The van der Waals surface area contributed by atoms with Crippen LogP contribution in [0.3, 0.4) is 0 Å². The van der Waals surface area contributed by atoms with Crippen LogP contribution >= 0.6 is 0 Å². The van der Waals surface area contributed by atoms with Gasteiger partial charge in [0, 0.05) is 24.6 Å². The summed E-state index contributed by atoms with van der Waals surface area (Å²) in [7, 11) is 0. The number of nitrogens with one attached hydrogen (secondary N) is 1. The number of amides is 1. The molecule has 0 spiro atoms. The van der Waals surface area contributed by atoms with Crippen LogP contribution in [0.1, 0.15) is 93.2 Å². The van der Waals surface area contributed by atoms with E-state index in [0.717, 1.165) is 38.5 Å². The van der Waals surface area contributed by atoms with Crippen LogP contribution in [0.4, 0.5) is 0 Å². The predicted octanol–water partition coefficient (Wildman–Crippen LogP) is 6.11. The van der Waals surface area contributed by atoms with Gasteiger partial charge in [-0.15, -0.1) is 0 Å². The second-order valence-corrected chi connectivity index (χ2v) is 10.3. The van der Waals surface area contributed by atoms with Gasteiger partial charge in [0.1, 0.15) is 0 Å². The Labute approximate surface area is 187 Å². The summed E-state index contributed by atoms with van der Waals surface area (Å²) in [6, 6.07) is 11.2. The number of hydrogen-bond donors (Lipinski definition) is 1. The molecule has 1 aromatic carbocycles. The lowest BCUT2D eigenvalue weighted by Crippen LogP contribution is -2.38. The molecule has 4 rings (SSSR count). The minimum atomic E-state index is 0.163. The highest BCUT2D eigenvalue weighted by Crippen LogP contribution is 2.36. The van der Waals surface area contributed by atoms with E-state index in [9.17, 15) is 4.79 Å². The van der Waals surface area contributed by atoms with Crippen molar-refractivity contribution < 1.29 is 4.79 Å². The molecule has 2 atom stereocenters. The molecule has 1 aromatic heterocycles. The number of nitrogens with zero attached hydrogens (tertiary/aromatic N) is 1. The maximum atomic E-state index is 12.6. The molecular formula is C28H36N2O. The van der Waals surface area contributed by atoms with Gasteiger partial charge in [0.2, 0.25) is 5.91 Å². The molecule has 164 valence electrons. The Bertz CT molecular complexity index is 936. The number of carbonyl (C=O) groups is 1. The average molecular weight is 417 g/mol. The first-order chi connectivity index (χ1) is 14.9. The zero-order chi connectivity index (χ0) is 21.8. The minimum Gasteiger partial charge on any atom is -0.353 e. The molecule has 2 aromatic rings. The van der Waals surface area contributed by atoms with E-state index in [2.05, 4.69) is 68.6 Å². The number of carbonyl (C=O) groups excluding carboxylic acids is 1. The smallest absolute Gasteiger partial charge is 0.220 e. The van der Waals surface area contributed by atoms with Crippen LogP contribution in [0, 0.1) is 0 Å². The van der Waals surface area contributed by atoms with Gasteiger partial charge in [0.25, 0.3) is 0 Å². The van der Waals surface area contributed by atoms with Gasteiger partial charge in [0.05, 0.1) is 5.69 Å². The summed E-state index contributed by atoms with van der Waals surface area (Å²) in [5.41, 5.74) is 6.74. The first kappa shape index (κ1) is 21.8. The van der Waals surface area contributed by atoms with E-state index in [1.54, 1.807) is 0 Å². The molecule has 2 unspecified atom stereocenters. The number of fused-ring (bicyclic) bond motifs is 1. The summed E-state index contributed by atoms with van der Waals surface area (Å²) in [6.07, 6.45) is 14.5. The summed E-state index contributed by atoms with van der Waals surface area (Å²) in [4.78, 5) is 17.4. The number of aryl methyl sites for hydroxylation is 2. The van der Waals surface area contributed by atoms with E-state index in [4.69, 9.17) is 4.98 Å². The molecule has 2 aliphatic rings. The summed E-state index contributed by atoms with van der Waals surface area (Å²) in [6.45, 7) is 6.68. The Hall–Kier alpha value is -2.42. The normalized spacial score (nSPS) is 20.9. The minimum absolute atomic E-state index is 0.163. The Kier molecular flexibility index (Phi) is 6.60. The van der Waals surface area contributed by atoms with Crippen LogP contribution in [0.15, 0.2) is 42.6 Å². The van der Waals surface area contributed by atoms with E-state index in [1.165, 1.54) is 34.4 Å². The molecule has 2 aliphatic carbocycles. The number of benzene rings is 1. The number of pyridine rings is 1. The van der Waals surface area contributed by atoms with Crippen molar-refractivity contribution in [1.82, 2.24) is 10.3 Å². The highest BCUT2D eigenvalue weighted by atomic mass is 16.1. The molecule has 1 heterocycles. The van der Waals surface area contributed by atoms with Gasteiger partial charge in [-0.2, -0.15) is 0 Å². The average Bonchev–Trinajstić information content (AvgIpc) is 2.77. The Morgan fingerprint density at radius 1 is 1.13 bits per heavy atom. The fraction of sp³-hybridized carbons (Fsp3) is 0.500. The summed E-state index contributed by atoms with van der Waals surface area (Å²) in [5.74, 6) is 0.621. The Balaban J connectivity index is 1.32. The Morgan fingerprint density at radius 2 is 1.94 bits per heavy atom. The fourth-order valence-electron chi connectivity index (χ4n) is 5.01. The maximum absolute atomic E-state index is 12.6. The third kappa shape index (κ3) is 5.44. The van der Waals surface area contributed by atoms with Crippen molar-refractivity contribution in [3.05, 3.63) is 70.6 Å². The van der Waals surface area contributed by atoms with Crippen molar-refractivity contribution in [2.75, 3.05) is 0 Å². The van der Waals surface area contributed by atoms with E-state index >= 15 is 0 Å². The van der Waals surface area contributed by atoms with E-state index in [0.29, 0.717) is 12.3 Å². The monoisotopic (exact) mass is 416 g/mol. The maximum Gasteiger partial charge on any atom is 0.220 e. The zero-order valence-corrected chi connectivity index (χ0v) is 19.3. The van der Waals surface area contributed by atoms with Gasteiger partial charge < -0.3 is 5.32 Å². The van der Waals surface area contributed by atoms with E-state index < -0.39 is 0 Å². The van der Waals surface area contributed by atoms with Gasteiger partial charge in [0.15, 0.2) is 0 Å². The molecule has 0 radical (unpaired) electrons. The molecule has 3 nitrogen and oxygen atoms in total. The SMILES string of the molecule is CC(C)(C)c1ccc(CCC(=O)NC2CCCC(c3nccc4c3C=CCC4)C2)cc1.